The summed E-state index contributed by atoms with van der Waals surface area (Å²) < 4.78 is 13.3. The molecule has 4 atom stereocenters. The standard InChI is InChI=1S/2C21H35NO/c2*1-4-7-9-14-20-22-19(17-18-12-10-8-11-13-18)21(23-20,15-5-2)16-6-3/h2*8,10-13,19-20,22H,4-7,9,14-17H2,1-3H3/t19?,20-;19-,20-/m00/s1. The third kappa shape index (κ3) is 11.8. The van der Waals surface area contributed by atoms with Gasteiger partial charge in [-0.1, -0.05) is 154 Å². The predicted octanol–water partition coefficient (Wildman–Crippen LogP) is 10.9. The third-order valence-electron chi connectivity index (χ3n) is 10.2. The van der Waals surface area contributed by atoms with E-state index in [2.05, 4.69) is 113 Å². The molecule has 46 heavy (non-hydrogen) atoms. The Morgan fingerprint density at radius 3 is 1.13 bits per heavy atom. The van der Waals surface area contributed by atoms with Crippen LogP contribution in [0.25, 0.3) is 0 Å². The van der Waals surface area contributed by atoms with Gasteiger partial charge in [0.1, 0.15) is 12.5 Å². The highest BCUT2D eigenvalue weighted by atomic mass is 16.5. The highest BCUT2D eigenvalue weighted by Gasteiger charge is 2.47. The minimum absolute atomic E-state index is 0.0240. The van der Waals surface area contributed by atoms with Gasteiger partial charge in [-0.3, -0.25) is 10.6 Å². The van der Waals surface area contributed by atoms with E-state index in [-0.39, 0.29) is 23.7 Å². The smallest absolute Gasteiger partial charge is 0.109 e. The van der Waals surface area contributed by atoms with Crippen LogP contribution in [0, 0.1) is 0 Å². The van der Waals surface area contributed by atoms with Crippen LogP contribution < -0.4 is 10.6 Å². The van der Waals surface area contributed by atoms with Crippen molar-refractivity contribution < 1.29 is 9.47 Å². The lowest BCUT2D eigenvalue weighted by atomic mass is 9.82. The Hall–Kier alpha value is -1.72. The Morgan fingerprint density at radius 2 is 0.826 bits per heavy atom. The van der Waals surface area contributed by atoms with Crippen molar-refractivity contribution in [1.82, 2.24) is 10.6 Å². The molecule has 4 rings (SSSR count). The summed E-state index contributed by atoms with van der Waals surface area (Å²) in [6, 6.07) is 22.6. The van der Waals surface area contributed by atoms with E-state index in [4.69, 9.17) is 9.47 Å². The minimum atomic E-state index is 0.0240. The van der Waals surface area contributed by atoms with Crippen LogP contribution in [-0.4, -0.2) is 35.7 Å². The number of benzene rings is 2. The van der Waals surface area contributed by atoms with Gasteiger partial charge in [0.25, 0.3) is 0 Å². The summed E-state index contributed by atoms with van der Waals surface area (Å²) in [6.45, 7) is 13.7. The fourth-order valence-corrected chi connectivity index (χ4v) is 8.06. The molecule has 2 aromatic carbocycles. The van der Waals surface area contributed by atoms with E-state index in [0.29, 0.717) is 12.1 Å². The van der Waals surface area contributed by atoms with Crippen molar-refractivity contribution in [3.63, 3.8) is 0 Å². The van der Waals surface area contributed by atoms with Crippen molar-refractivity contribution in [2.75, 3.05) is 0 Å². The first-order chi connectivity index (χ1) is 22.5. The molecule has 0 radical (unpaired) electrons. The maximum Gasteiger partial charge on any atom is 0.109 e. The van der Waals surface area contributed by atoms with Gasteiger partial charge in [-0.25, -0.2) is 0 Å². The highest BCUT2D eigenvalue weighted by molar-refractivity contribution is 5.19. The normalized spacial score (nSPS) is 23.3. The molecule has 2 fully saturated rings. The molecule has 4 nitrogen and oxygen atoms in total. The van der Waals surface area contributed by atoms with Crippen LogP contribution in [0.3, 0.4) is 0 Å². The summed E-state index contributed by atoms with van der Waals surface area (Å²) >= 11 is 0. The summed E-state index contributed by atoms with van der Waals surface area (Å²) in [5.74, 6) is 0. The molecule has 0 saturated carbocycles. The first-order valence-electron chi connectivity index (χ1n) is 19.4. The van der Waals surface area contributed by atoms with Gasteiger partial charge in [-0.2, -0.15) is 0 Å². The second-order valence-electron chi connectivity index (χ2n) is 14.2. The maximum absolute atomic E-state index is 6.65. The Bertz CT molecular complexity index is 933. The lowest BCUT2D eigenvalue weighted by Crippen LogP contribution is -2.45. The van der Waals surface area contributed by atoms with Crippen molar-refractivity contribution >= 4 is 0 Å². The average molecular weight is 635 g/mol. The first kappa shape index (κ1) is 38.7. The van der Waals surface area contributed by atoms with Crippen LogP contribution in [-0.2, 0) is 22.3 Å². The van der Waals surface area contributed by atoms with Crippen molar-refractivity contribution in [3.8, 4) is 0 Å². The van der Waals surface area contributed by atoms with Gasteiger partial charge in [0.2, 0.25) is 0 Å². The molecule has 2 heterocycles. The summed E-state index contributed by atoms with van der Waals surface area (Å²) in [5, 5.41) is 7.67. The van der Waals surface area contributed by atoms with Gasteiger partial charge in [-0.15, -0.1) is 0 Å². The van der Waals surface area contributed by atoms with E-state index in [1.165, 1.54) is 75.3 Å². The van der Waals surface area contributed by atoms with E-state index in [9.17, 15) is 0 Å². The quantitative estimate of drug-likeness (QED) is 0.142. The van der Waals surface area contributed by atoms with Crippen molar-refractivity contribution in [1.29, 1.82) is 0 Å². The largest absolute Gasteiger partial charge is 0.355 e. The van der Waals surface area contributed by atoms with Crippen LogP contribution in [0.4, 0.5) is 0 Å². The highest BCUT2D eigenvalue weighted by Crippen LogP contribution is 2.38. The van der Waals surface area contributed by atoms with E-state index in [0.717, 1.165) is 51.4 Å². The molecule has 2 aliphatic heterocycles. The molecular weight excluding hydrogens is 564 g/mol. The SMILES string of the molecule is CCCCC[C@H]1NC(Cc2ccccc2)C(CCC)(CCC)O1.CCCCC[C@H]1N[C@@H](Cc2ccccc2)C(CCC)(CCC)O1. The predicted molar refractivity (Wildman–Crippen MR) is 197 cm³/mol. The topological polar surface area (TPSA) is 42.5 Å². The fourth-order valence-electron chi connectivity index (χ4n) is 8.06. The molecule has 0 amide bonds. The zero-order valence-corrected chi connectivity index (χ0v) is 30.6. The molecule has 2 saturated heterocycles. The Kier molecular flexibility index (Phi) is 17.9. The van der Waals surface area contributed by atoms with Crippen LogP contribution in [0.15, 0.2) is 60.7 Å². The molecular formula is C42H70N2O2. The Balaban J connectivity index is 0.000000250. The molecule has 2 aromatic rings. The van der Waals surface area contributed by atoms with E-state index < -0.39 is 0 Å². The maximum atomic E-state index is 6.65. The molecule has 0 aromatic heterocycles. The van der Waals surface area contributed by atoms with Gasteiger partial charge >= 0.3 is 0 Å². The van der Waals surface area contributed by atoms with Gasteiger partial charge in [0, 0.05) is 12.1 Å². The zero-order chi connectivity index (χ0) is 33.1. The molecule has 1 unspecified atom stereocenters. The lowest BCUT2D eigenvalue weighted by molar-refractivity contribution is -0.0634. The molecule has 2 aliphatic rings. The summed E-state index contributed by atoms with van der Waals surface area (Å²) in [7, 11) is 0. The Labute approximate surface area is 284 Å². The van der Waals surface area contributed by atoms with Crippen molar-refractivity contribution in [2.24, 2.45) is 0 Å². The summed E-state index contributed by atoms with van der Waals surface area (Å²) in [4.78, 5) is 0. The third-order valence-corrected chi connectivity index (χ3v) is 10.2. The summed E-state index contributed by atoms with van der Waals surface area (Å²) in [6.07, 6.45) is 22.0. The van der Waals surface area contributed by atoms with Crippen LogP contribution in [0.2, 0.25) is 0 Å². The second kappa shape index (κ2) is 21.3. The van der Waals surface area contributed by atoms with E-state index in [1.807, 2.05) is 0 Å². The fraction of sp³-hybridized carbons (Fsp3) is 0.714. The lowest BCUT2D eigenvalue weighted by Gasteiger charge is -2.34. The first-order valence-corrected chi connectivity index (χ1v) is 19.4. The van der Waals surface area contributed by atoms with Gasteiger partial charge in [0.15, 0.2) is 0 Å². The van der Waals surface area contributed by atoms with Crippen LogP contribution in [0.5, 0.6) is 0 Å². The summed E-state index contributed by atoms with van der Waals surface area (Å²) in [5.41, 5.74) is 2.88. The number of hydrogen-bond acceptors (Lipinski definition) is 4. The van der Waals surface area contributed by atoms with Gasteiger partial charge in [-0.05, 0) is 75.3 Å². The number of unbranched alkanes of at least 4 members (excludes halogenated alkanes) is 4. The number of nitrogens with one attached hydrogen (secondary N) is 2. The van der Waals surface area contributed by atoms with Crippen molar-refractivity contribution in [2.45, 2.75) is 193 Å². The van der Waals surface area contributed by atoms with E-state index in [1.54, 1.807) is 0 Å². The number of rotatable bonds is 20. The van der Waals surface area contributed by atoms with E-state index >= 15 is 0 Å². The second-order valence-corrected chi connectivity index (χ2v) is 14.2. The minimum Gasteiger partial charge on any atom is -0.355 e. The number of ether oxygens (including phenoxy) is 2. The average Bonchev–Trinajstić information content (AvgIpc) is 3.56. The molecule has 0 aliphatic carbocycles. The molecule has 0 spiro atoms. The van der Waals surface area contributed by atoms with Crippen LogP contribution in [0.1, 0.15) is 155 Å². The molecule has 4 heteroatoms. The number of hydrogen-bond donors (Lipinski definition) is 2. The molecule has 0 bridgehead atoms. The zero-order valence-electron chi connectivity index (χ0n) is 30.6. The monoisotopic (exact) mass is 635 g/mol. The van der Waals surface area contributed by atoms with Gasteiger partial charge < -0.3 is 9.47 Å². The van der Waals surface area contributed by atoms with Crippen molar-refractivity contribution in [3.05, 3.63) is 71.8 Å². The molecule has 260 valence electrons. The van der Waals surface area contributed by atoms with Crippen LogP contribution >= 0.6 is 0 Å². The Morgan fingerprint density at radius 1 is 0.478 bits per heavy atom. The molecule has 2 N–H and O–H groups in total. The van der Waals surface area contributed by atoms with Gasteiger partial charge in [0.05, 0.1) is 11.2 Å².